The molecule has 0 aromatic heterocycles. The number of nitrogens with zero attached hydrogens (tertiary/aromatic N) is 1. The number of phenols is 1. The van der Waals surface area contributed by atoms with Gasteiger partial charge in [-0.05, 0) is 61.5 Å². The Bertz CT molecular complexity index is 582. The Balaban J connectivity index is 1.60. The lowest BCUT2D eigenvalue weighted by molar-refractivity contribution is -0.124. The summed E-state index contributed by atoms with van der Waals surface area (Å²) in [5.74, 6) is 0.790. The van der Waals surface area contributed by atoms with Gasteiger partial charge in [0.2, 0.25) is 5.91 Å². The van der Waals surface area contributed by atoms with E-state index in [1.165, 1.54) is 12.8 Å². The fourth-order valence-corrected chi connectivity index (χ4v) is 3.64. The van der Waals surface area contributed by atoms with E-state index in [9.17, 15) is 9.90 Å². The van der Waals surface area contributed by atoms with Gasteiger partial charge in [-0.2, -0.15) is 0 Å². The van der Waals surface area contributed by atoms with Crippen LogP contribution < -0.4 is 10.6 Å². The molecule has 5 nitrogen and oxygen atoms in total. The van der Waals surface area contributed by atoms with E-state index in [-0.39, 0.29) is 23.7 Å². The van der Waals surface area contributed by atoms with Gasteiger partial charge in [-0.25, -0.2) is 0 Å². The molecule has 1 fully saturated rings. The van der Waals surface area contributed by atoms with E-state index < -0.39 is 0 Å². The molecule has 0 radical (unpaired) electrons. The maximum Gasteiger partial charge on any atom is 0.237 e. The third-order valence-electron chi connectivity index (χ3n) is 5.26. The van der Waals surface area contributed by atoms with Crippen molar-refractivity contribution in [2.75, 3.05) is 19.6 Å². The highest BCUT2D eigenvalue weighted by atomic mass is 16.3. The molecular formula is C19H29N3O2. The van der Waals surface area contributed by atoms with Crippen molar-refractivity contribution in [3.63, 3.8) is 0 Å². The number of hydrogen-bond acceptors (Lipinski definition) is 4. The first kappa shape index (κ1) is 17.2. The van der Waals surface area contributed by atoms with Crippen molar-refractivity contribution in [3.8, 4) is 5.75 Å². The number of rotatable bonds is 5. The second kappa shape index (κ2) is 7.53. The van der Waals surface area contributed by atoms with Crippen LogP contribution in [0.4, 0.5) is 0 Å². The molecule has 24 heavy (non-hydrogen) atoms. The normalized spacial score (nSPS) is 22.4. The molecule has 2 aliphatic rings. The SMILES string of the molecule is CC(C)C(CN1CCCC1)NC(=O)[C@H]1Cc2ccc(O)cc2CN1. The zero-order chi connectivity index (χ0) is 17.1. The molecule has 0 bridgehead atoms. The van der Waals surface area contributed by atoms with Crippen molar-refractivity contribution in [2.45, 2.75) is 51.7 Å². The van der Waals surface area contributed by atoms with Gasteiger partial charge < -0.3 is 20.6 Å². The predicted molar refractivity (Wildman–Crippen MR) is 94.9 cm³/mol. The van der Waals surface area contributed by atoms with Gasteiger partial charge in [0.1, 0.15) is 5.75 Å². The topological polar surface area (TPSA) is 64.6 Å². The van der Waals surface area contributed by atoms with Crippen LogP contribution in [0.1, 0.15) is 37.8 Å². The van der Waals surface area contributed by atoms with E-state index in [0.717, 1.165) is 30.8 Å². The number of amides is 1. The van der Waals surface area contributed by atoms with E-state index in [4.69, 9.17) is 0 Å². The molecule has 1 amide bonds. The minimum atomic E-state index is -0.193. The summed E-state index contributed by atoms with van der Waals surface area (Å²) in [6.45, 7) is 8.22. The highest BCUT2D eigenvalue weighted by Crippen LogP contribution is 2.22. The van der Waals surface area contributed by atoms with E-state index in [1.807, 2.05) is 6.07 Å². The van der Waals surface area contributed by atoms with Crippen molar-refractivity contribution in [2.24, 2.45) is 5.92 Å². The zero-order valence-corrected chi connectivity index (χ0v) is 14.7. The summed E-state index contributed by atoms with van der Waals surface area (Å²) < 4.78 is 0. The second-order valence-corrected chi connectivity index (χ2v) is 7.46. The summed E-state index contributed by atoms with van der Waals surface area (Å²) in [4.78, 5) is 15.2. The molecule has 3 rings (SSSR count). The standard InChI is InChI=1S/C19H29N3O2/c1-13(2)18(12-22-7-3-4-8-22)21-19(24)17-10-14-5-6-16(23)9-15(14)11-20-17/h5-6,9,13,17-18,20,23H,3-4,7-8,10-12H2,1-2H3,(H,21,24)/t17-,18?/m1/s1. The molecule has 3 N–H and O–H groups in total. The largest absolute Gasteiger partial charge is 0.508 e. The lowest BCUT2D eigenvalue weighted by atomic mass is 9.94. The quantitative estimate of drug-likeness (QED) is 0.767. The van der Waals surface area contributed by atoms with Crippen LogP contribution in [-0.4, -0.2) is 47.6 Å². The van der Waals surface area contributed by atoms with Crippen molar-refractivity contribution >= 4 is 5.91 Å². The number of carbonyl (C=O) groups is 1. The van der Waals surface area contributed by atoms with E-state index in [2.05, 4.69) is 29.4 Å². The molecular weight excluding hydrogens is 302 g/mol. The average Bonchev–Trinajstić information content (AvgIpc) is 3.06. The predicted octanol–water partition coefficient (Wildman–Crippen LogP) is 1.64. The lowest BCUT2D eigenvalue weighted by Crippen LogP contribution is -2.54. The first-order valence-corrected chi connectivity index (χ1v) is 9.10. The van der Waals surface area contributed by atoms with Gasteiger partial charge in [0, 0.05) is 19.1 Å². The second-order valence-electron chi connectivity index (χ2n) is 7.46. The summed E-state index contributed by atoms with van der Waals surface area (Å²) in [6, 6.07) is 5.40. The van der Waals surface area contributed by atoms with Crippen molar-refractivity contribution in [1.82, 2.24) is 15.5 Å². The fourth-order valence-electron chi connectivity index (χ4n) is 3.64. The van der Waals surface area contributed by atoms with E-state index in [0.29, 0.717) is 18.9 Å². The van der Waals surface area contributed by atoms with Gasteiger partial charge in [0.25, 0.3) is 0 Å². The summed E-state index contributed by atoms with van der Waals surface area (Å²) in [5.41, 5.74) is 2.23. The summed E-state index contributed by atoms with van der Waals surface area (Å²) >= 11 is 0. The number of phenolic OH excluding ortho intramolecular Hbond substituents is 1. The Labute approximate surface area is 144 Å². The van der Waals surface area contributed by atoms with E-state index >= 15 is 0 Å². The number of nitrogens with one attached hydrogen (secondary N) is 2. The molecule has 0 aliphatic carbocycles. The maximum atomic E-state index is 12.7. The first-order valence-electron chi connectivity index (χ1n) is 9.10. The highest BCUT2D eigenvalue weighted by molar-refractivity contribution is 5.82. The molecule has 0 spiro atoms. The number of benzene rings is 1. The maximum absolute atomic E-state index is 12.7. The Morgan fingerprint density at radius 3 is 2.79 bits per heavy atom. The molecule has 2 heterocycles. The van der Waals surface area contributed by atoms with Gasteiger partial charge in [-0.3, -0.25) is 4.79 Å². The zero-order valence-electron chi connectivity index (χ0n) is 14.7. The number of fused-ring (bicyclic) bond motifs is 1. The summed E-state index contributed by atoms with van der Waals surface area (Å²) in [7, 11) is 0. The molecule has 1 aromatic rings. The van der Waals surface area contributed by atoms with Crippen molar-refractivity contribution in [1.29, 1.82) is 0 Å². The smallest absolute Gasteiger partial charge is 0.237 e. The molecule has 0 saturated carbocycles. The number of likely N-dealkylation sites (tertiary alicyclic amines) is 1. The van der Waals surface area contributed by atoms with Gasteiger partial charge in [-0.1, -0.05) is 19.9 Å². The lowest BCUT2D eigenvalue weighted by Gasteiger charge is -2.31. The minimum absolute atomic E-state index is 0.0895. The summed E-state index contributed by atoms with van der Waals surface area (Å²) in [5, 5.41) is 16.1. The van der Waals surface area contributed by atoms with Crippen LogP contribution in [0.25, 0.3) is 0 Å². The third-order valence-corrected chi connectivity index (χ3v) is 5.26. The Hall–Kier alpha value is -1.59. The van der Waals surface area contributed by atoms with Crippen LogP contribution in [0.2, 0.25) is 0 Å². The van der Waals surface area contributed by atoms with Gasteiger partial charge >= 0.3 is 0 Å². The minimum Gasteiger partial charge on any atom is -0.508 e. The number of carbonyl (C=O) groups excluding carboxylic acids is 1. The molecule has 2 atom stereocenters. The first-order chi connectivity index (χ1) is 11.5. The van der Waals surface area contributed by atoms with Gasteiger partial charge in [0.15, 0.2) is 0 Å². The van der Waals surface area contributed by atoms with Crippen LogP contribution in [0.15, 0.2) is 18.2 Å². The van der Waals surface area contributed by atoms with Crippen molar-refractivity contribution < 1.29 is 9.90 Å². The molecule has 1 unspecified atom stereocenters. The van der Waals surface area contributed by atoms with Gasteiger partial charge in [-0.15, -0.1) is 0 Å². The average molecular weight is 331 g/mol. The fraction of sp³-hybridized carbons (Fsp3) is 0.632. The van der Waals surface area contributed by atoms with Crippen LogP contribution >= 0.6 is 0 Å². The number of aromatic hydroxyl groups is 1. The monoisotopic (exact) mass is 331 g/mol. The van der Waals surface area contributed by atoms with Crippen LogP contribution in [-0.2, 0) is 17.8 Å². The van der Waals surface area contributed by atoms with Crippen molar-refractivity contribution in [3.05, 3.63) is 29.3 Å². The highest BCUT2D eigenvalue weighted by Gasteiger charge is 2.28. The van der Waals surface area contributed by atoms with Gasteiger partial charge in [0.05, 0.1) is 6.04 Å². The Kier molecular flexibility index (Phi) is 5.41. The Morgan fingerprint density at radius 1 is 1.33 bits per heavy atom. The molecule has 5 heteroatoms. The van der Waals surface area contributed by atoms with E-state index in [1.54, 1.807) is 12.1 Å². The third kappa shape index (κ3) is 4.08. The molecule has 1 saturated heterocycles. The Morgan fingerprint density at radius 2 is 2.08 bits per heavy atom. The summed E-state index contributed by atoms with van der Waals surface area (Å²) in [6.07, 6.45) is 3.22. The molecule has 132 valence electrons. The molecule has 1 aromatic carbocycles. The van der Waals surface area contributed by atoms with Crippen LogP contribution in [0, 0.1) is 5.92 Å². The van der Waals surface area contributed by atoms with Crippen LogP contribution in [0.3, 0.4) is 0 Å². The number of hydrogen-bond donors (Lipinski definition) is 3. The van der Waals surface area contributed by atoms with Crippen LogP contribution in [0.5, 0.6) is 5.75 Å². The molecule has 2 aliphatic heterocycles.